The van der Waals surface area contributed by atoms with E-state index in [2.05, 4.69) is 4.74 Å². The predicted molar refractivity (Wildman–Crippen MR) is 29.6 cm³/mol. The lowest BCUT2D eigenvalue weighted by Gasteiger charge is -2.18. The van der Waals surface area contributed by atoms with E-state index < -0.39 is 31.3 Å². The Bertz CT molecular complexity index is 187. The lowest BCUT2D eigenvalue weighted by molar-refractivity contribution is -0.286. The highest BCUT2D eigenvalue weighted by Gasteiger charge is 2.56. The number of carbonyl (C=O) groups is 1. The van der Waals surface area contributed by atoms with Crippen LogP contribution in [-0.4, -0.2) is 30.0 Å². The molecule has 0 heterocycles. The molecule has 0 aliphatic carbocycles. The topological polar surface area (TPSA) is 46.5 Å². The molecular weight excluding hydrogens is 203 g/mol. The summed E-state index contributed by atoms with van der Waals surface area (Å²) in [5.41, 5.74) is 0. The van der Waals surface area contributed by atoms with E-state index in [4.69, 9.17) is 5.11 Å². The molecule has 13 heavy (non-hydrogen) atoms. The Morgan fingerprint density at radius 1 is 1.23 bits per heavy atom. The zero-order valence-electron chi connectivity index (χ0n) is 6.07. The van der Waals surface area contributed by atoms with Crippen molar-refractivity contribution in [2.24, 2.45) is 0 Å². The van der Waals surface area contributed by atoms with E-state index in [0.29, 0.717) is 0 Å². The molecule has 0 rings (SSSR count). The van der Waals surface area contributed by atoms with Crippen LogP contribution in [0.2, 0.25) is 0 Å². The molecule has 3 nitrogen and oxygen atoms in total. The smallest absolute Gasteiger partial charge is 0.450 e. The van der Waals surface area contributed by atoms with E-state index >= 15 is 0 Å². The van der Waals surface area contributed by atoms with Gasteiger partial charge in [-0.15, -0.1) is 0 Å². The molecule has 1 N–H and O–H groups in total. The van der Waals surface area contributed by atoms with Gasteiger partial charge in [-0.05, 0) is 0 Å². The number of hydrogen-bond acceptors (Lipinski definition) is 2. The van der Waals surface area contributed by atoms with Crippen LogP contribution in [0, 0.1) is 0 Å². The molecule has 0 radical (unpaired) electrons. The molecule has 8 heteroatoms. The van der Waals surface area contributed by atoms with Crippen molar-refractivity contribution in [1.29, 1.82) is 0 Å². The van der Waals surface area contributed by atoms with Gasteiger partial charge in [0.25, 0.3) is 0 Å². The molecule has 0 fully saturated rings. The average molecular weight is 208 g/mol. The van der Waals surface area contributed by atoms with E-state index in [0.717, 1.165) is 0 Å². The van der Waals surface area contributed by atoms with Gasteiger partial charge < -0.3 is 9.84 Å². The third kappa shape index (κ3) is 3.90. The minimum absolute atomic E-state index is 1.19. The number of carboxylic acid groups (broad SMARTS) is 1. The fourth-order valence-corrected chi connectivity index (χ4v) is 0.408. The lowest BCUT2D eigenvalue weighted by atomic mass is 10.2. The van der Waals surface area contributed by atoms with E-state index in [-0.39, 0.29) is 0 Å². The first kappa shape index (κ1) is 11.9. The Morgan fingerprint density at radius 3 is 2.00 bits per heavy atom. The van der Waals surface area contributed by atoms with Crippen LogP contribution in [0.4, 0.5) is 26.7 Å². The zero-order valence-corrected chi connectivity index (χ0v) is 6.07. The summed E-state index contributed by atoms with van der Waals surface area (Å²) in [6.07, 6.45) is -9.27. The quantitative estimate of drug-likeness (QED) is 0.571. The molecule has 0 bridgehead atoms. The largest absolute Gasteiger partial charge is 0.505 e. The van der Waals surface area contributed by atoms with Gasteiger partial charge in [0.15, 0.2) is 0 Å². The highest BCUT2D eigenvalue weighted by Crippen LogP contribution is 2.37. The number of alkyl halides is 5. The molecule has 0 atom stereocenters. The highest BCUT2D eigenvalue weighted by atomic mass is 19.4. The van der Waals surface area contributed by atoms with Crippen LogP contribution in [0.1, 0.15) is 6.42 Å². The predicted octanol–water partition coefficient (Wildman–Crippen LogP) is 2.27. The van der Waals surface area contributed by atoms with Gasteiger partial charge in [0, 0.05) is 0 Å². The molecule has 0 unspecified atom stereocenters. The molecule has 0 aliphatic rings. The number of hydrogen-bond donors (Lipinski definition) is 1. The molecule has 0 aromatic carbocycles. The number of rotatable bonds is 3. The monoisotopic (exact) mass is 208 g/mol. The van der Waals surface area contributed by atoms with Crippen molar-refractivity contribution in [2.45, 2.75) is 18.5 Å². The Kier molecular flexibility index (Phi) is 3.44. The van der Waals surface area contributed by atoms with Gasteiger partial charge in [-0.2, -0.15) is 22.0 Å². The first-order chi connectivity index (χ1) is 5.67. The maximum Gasteiger partial charge on any atom is 0.505 e. The van der Waals surface area contributed by atoms with Crippen molar-refractivity contribution >= 4 is 6.16 Å². The van der Waals surface area contributed by atoms with Gasteiger partial charge >= 0.3 is 18.3 Å². The van der Waals surface area contributed by atoms with Crippen LogP contribution in [0.3, 0.4) is 0 Å². The third-order valence-electron chi connectivity index (χ3n) is 1.06. The molecule has 0 aromatic heterocycles. The molecule has 0 aliphatic heterocycles. The van der Waals surface area contributed by atoms with Crippen LogP contribution in [0.5, 0.6) is 0 Å². The second-order valence-corrected chi connectivity index (χ2v) is 2.07. The standard InChI is InChI=1S/C5H5F5O3/c6-4(7,5(8,9)10)1-2-13-3(11)12/h1-2H2,(H,11,12). The summed E-state index contributed by atoms with van der Waals surface area (Å²) in [4.78, 5) is 9.59. The maximum absolute atomic E-state index is 12.0. The molecule has 0 saturated carbocycles. The van der Waals surface area contributed by atoms with Crippen LogP contribution < -0.4 is 0 Å². The summed E-state index contributed by atoms with van der Waals surface area (Å²) in [6, 6.07) is 0. The van der Waals surface area contributed by atoms with Gasteiger partial charge in [0.2, 0.25) is 0 Å². The zero-order chi connectivity index (χ0) is 10.7. The normalized spacial score (nSPS) is 12.7. The molecule has 0 aromatic rings. The Hall–Kier alpha value is -1.08. The van der Waals surface area contributed by atoms with Gasteiger partial charge in [-0.1, -0.05) is 0 Å². The molecule has 78 valence electrons. The van der Waals surface area contributed by atoms with Crippen molar-refractivity contribution in [3.8, 4) is 0 Å². The van der Waals surface area contributed by atoms with Gasteiger partial charge in [-0.25, -0.2) is 4.79 Å². The van der Waals surface area contributed by atoms with Crippen molar-refractivity contribution < 1.29 is 36.6 Å². The number of ether oxygens (including phenoxy) is 1. The fourth-order valence-electron chi connectivity index (χ4n) is 0.408. The van der Waals surface area contributed by atoms with E-state index in [1.54, 1.807) is 0 Å². The number of halogens is 5. The maximum atomic E-state index is 12.0. The molecule has 0 spiro atoms. The Labute approximate surface area is 69.1 Å². The highest BCUT2D eigenvalue weighted by molar-refractivity contribution is 5.56. The van der Waals surface area contributed by atoms with Crippen molar-refractivity contribution in [3.05, 3.63) is 0 Å². The van der Waals surface area contributed by atoms with Crippen LogP contribution in [0.25, 0.3) is 0 Å². The first-order valence-corrected chi connectivity index (χ1v) is 2.97. The van der Waals surface area contributed by atoms with Crippen molar-refractivity contribution in [1.82, 2.24) is 0 Å². The van der Waals surface area contributed by atoms with Gasteiger partial charge in [0.05, 0.1) is 6.42 Å². The second kappa shape index (κ2) is 3.75. The Morgan fingerprint density at radius 2 is 1.69 bits per heavy atom. The Balaban J connectivity index is 3.97. The minimum atomic E-state index is -5.67. The summed E-state index contributed by atoms with van der Waals surface area (Å²) in [5.74, 6) is -4.91. The molecule has 0 amide bonds. The lowest BCUT2D eigenvalue weighted by Crippen LogP contribution is -2.37. The summed E-state index contributed by atoms with van der Waals surface area (Å²) in [5, 5.41) is 7.76. The molecular formula is C5H5F5O3. The summed E-state index contributed by atoms with van der Waals surface area (Å²) < 4.78 is 61.7. The third-order valence-corrected chi connectivity index (χ3v) is 1.06. The van der Waals surface area contributed by atoms with Crippen molar-refractivity contribution in [2.75, 3.05) is 6.61 Å². The second-order valence-electron chi connectivity index (χ2n) is 2.07. The van der Waals surface area contributed by atoms with Crippen LogP contribution >= 0.6 is 0 Å². The summed E-state index contributed by atoms with van der Waals surface area (Å²) >= 11 is 0. The molecule has 0 saturated heterocycles. The van der Waals surface area contributed by atoms with Crippen molar-refractivity contribution in [3.63, 3.8) is 0 Å². The minimum Gasteiger partial charge on any atom is -0.450 e. The fraction of sp³-hybridized carbons (Fsp3) is 0.800. The first-order valence-electron chi connectivity index (χ1n) is 2.97. The van der Waals surface area contributed by atoms with Gasteiger partial charge in [0.1, 0.15) is 6.61 Å². The van der Waals surface area contributed by atoms with E-state index in [9.17, 15) is 26.7 Å². The summed E-state index contributed by atoms with van der Waals surface area (Å²) in [7, 11) is 0. The summed E-state index contributed by atoms with van der Waals surface area (Å²) in [6.45, 7) is -1.19. The van der Waals surface area contributed by atoms with E-state index in [1.165, 1.54) is 0 Å². The van der Waals surface area contributed by atoms with Crippen LogP contribution in [0.15, 0.2) is 0 Å². The van der Waals surface area contributed by atoms with Crippen LogP contribution in [-0.2, 0) is 4.74 Å². The SMILES string of the molecule is O=C(O)OCCC(F)(F)C(F)(F)F. The van der Waals surface area contributed by atoms with E-state index in [1.807, 2.05) is 0 Å². The van der Waals surface area contributed by atoms with Gasteiger partial charge in [-0.3, -0.25) is 0 Å². The average Bonchev–Trinajstić information content (AvgIpc) is 1.82.